The molecular formula is C18H24FN3O2. The zero-order chi connectivity index (χ0) is 16.7. The third-order valence-corrected chi connectivity index (χ3v) is 6.11. The molecule has 1 aromatic carbocycles. The van der Waals surface area contributed by atoms with E-state index in [-0.39, 0.29) is 11.4 Å². The van der Waals surface area contributed by atoms with Gasteiger partial charge in [-0.3, -0.25) is 14.9 Å². The molecule has 0 bridgehead atoms. The highest BCUT2D eigenvalue weighted by molar-refractivity contribution is 5.93. The van der Waals surface area contributed by atoms with Crippen LogP contribution >= 0.6 is 0 Å². The second kappa shape index (κ2) is 6.10. The van der Waals surface area contributed by atoms with Crippen molar-refractivity contribution in [3.8, 4) is 0 Å². The van der Waals surface area contributed by atoms with Gasteiger partial charge in [-0.2, -0.15) is 0 Å². The van der Waals surface area contributed by atoms with Crippen LogP contribution in [0.25, 0.3) is 0 Å². The fourth-order valence-corrected chi connectivity index (χ4v) is 4.68. The standard InChI is InChI=1S/C18H24FN3O2/c19-16-7-13(17(23)21-24)6-12-3-5-22(9-15(12)16)14-2-1-4-18(8-14)10-20-11-18/h6-7,14,20,24H,1-5,8-11H2,(H,21,23)/t14-/m0/s1. The number of nitrogens with one attached hydrogen (secondary N) is 2. The quantitative estimate of drug-likeness (QED) is 0.571. The lowest BCUT2D eigenvalue weighted by atomic mass is 9.67. The van der Waals surface area contributed by atoms with Gasteiger partial charge in [-0.25, -0.2) is 9.87 Å². The molecule has 1 amide bonds. The van der Waals surface area contributed by atoms with Gasteiger partial charge in [0.25, 0.3) is 5.91 Å². The Hall–Kier alpha value is -1.50. The lowest BCUT2D eigenvalue weighted by Crippen LogP contribution is -2.58. The molecule has 4 rings (SSSR count). The first-order valence-corrected chi connectivity index (χ1v) is 8.81. The Bertz CT molecular complexity index is 660. The highest BCUT2D eigenvalue weighted by atomic mass is 19.1. The Kier molecular flexibility index (Phi) is 4.06. The Morgan fingerprint density at radius 3 is 2.96 bits per heavy atom. The summed E-state index contributed by atoms with van der Waals surface area (Å²) in [5.74, 6) is -1.00. The summed E-state index contributed by atoms with van der Waals surface area (Å²) in [4.78, 5) is 14.0. The molecule has 3 aliphatic rings. The topological polar surface area (TPSA) is 64.6 Å². The second-order valence-electron chi connectivity index (χ2n) is 7.61. The molecule has 1 saturated heterocycles. The molecule has 6 heteroatoms. The number of halogens is 1. The van der Waals surface area contributed by atoms with Crippen molar-refractivity contribution in [1.82, 2.24) is 15.7 Å². The fourth-order valence-electron chi connectivity index (χ4n) is 4.68. The minimum absolute atomic E-state index is 0.180. The first kappa shape index (κ1) is 16.0. The molecule has 1 aliphatic carbocycles. The van der Waals surface area contributed by atoms with E-state index in [2.05, 4.69) is 10.2 Å². The Labute approximate surface area is 141 Å². The number of rotatable bonds is 2. The third-order valence-electron chi connectivity index (χ3n) is 6.11. The van der Waals surface area contributed by atoms with Crippen LogP contribution in [-0.4, -0.2) is 41.7 Å². The van der Waals surface area contributed by atoms with Crippen molar-refractivity contribution >= 4 is 5.91 Å². The molecule has 2 heterocycles. The molecular weight excluding hydrogens is 309 g/mol. The van der Waals surface area contributed by atoms with E-state index in [1.54, 1.807) is 11.5 Å². The minimum Gasteiger partial charge on any atom is -0.316 e. The average Bonchev–Trinajstić information content (AvgIpc) is 2.59. The summed E-state index contributed by atoms with van der Waals surface area (Å²) in [5.41, 5.74) is 3.83. The van der Waals surface area contributed by atoms with Gasteiger partial charge in [-0.1, -0.05) is 6.42 Å². The molecule has 0 radical (unpaired) electrons. The summed E-state index contributed by atoms with van der Waals surface area (Å²) in [5, 5.41) is 12.1. The number of carbonyl (C=O) groups is 1. The molecule has 0 aromatic heterocycles. The van der Waals surface area contributed by atoms with Crippen LogP contribution in [-0.2, 0) is 13.0 Å². The number of hydrogen-bond acceptors (Lipinski definition) is 4. The predicted molar refractivity (Wildman–Crippen MR) is 87.3 cm³/mol. The van der Waals surface area contributed by atoms with Crippen molar-refractivity contribution < 1.29 is 14.4 Å². The Balaban J connectivity index is 1.52. The number of benzene rings is 1. The fraction of sp³-hybridized carbons (Fsp3) is 0.611. The lowest BCUT2D eigenvalue weighted by molar-refractivity contribution is 0.0296. The molecule has 5 nitrogen and oxygen atoms in total. The molecule has 2 aliphatic heterocycles. The summed E-state index contributed by atoms with van der Waals surface area (Å²) < 4.78 is 14.5. The maximum atomic E-state index is 14.5. The highest BCUT2D eigenvalue weighted by Gasteiger charge is 2.43. The zero-order valence-corrected chi connectivity index (χ0v) is 13.8. The molecule has 0 unspecified atom stereocenters. The Morgan fingerprint density at radius 1 is 1.42 bits per heavy atom. The summed E-state index contributed by atoms with van der Waals surface area (Å²) in [6, 6.07) is 3.47. The van der Waals surface area contributed by atoms with Gasteiger partial charge in [0.05, 0.1) is 0 Å². The van der Waals surface area contributed by atoms with Crippen LogP contribution in [0.15, 0.2) is 12.1 Å². The van der Waals surface area contributed by atoms with Crippen LogP contribution in [0.3, 0.4) is 0 Å². The number of hydroxylamine groups is 1. The monoisotopic (exact) mass is 333 g/mol. The van der Waals surface area contributed by atoms with E-state index in [9.17, 15) is 9.18 Å². The van der Waals surface area contributed by atoms with E-state index < -0.39 is 5.91 Å². The van der Waals surface area contributed by atoms with Crippen LogP contribution in [0.5, 0.6) is 0 Å². The van der Waals surface area contributed by atoms with Crippen molar-refractivity contribution in [2.24, 2.45) is 5.41 Å². The zero-order valence-electron chi connectivity index (χ0n) is 13.8. The maximum Gasteiger partial charge on any atom is 0.274 e. The van der Waals surface area contributed by atoms with E-state index in [4.69, 9.17) is 5.21 Å². The van der Waals surface area contributed by atoms with E-state index in [0.29, 0.717) is 23.6 Å². The van der Waals surface area contributed by atoms with Crippen molar-refractivity contribution in [1.29, 1.82) is 0 Å². The lowest BCUT2D eigenvalue weighted by Gasteiger charge is -2.51. The molecule has 2 fully saturated rings. The van der Waals surface area contributed by atoms with Crippen molar-refractivity contribution in [2.75, 3.05) is 19.6 Å². The van der Waals surface area contributed by atoms with Gasteiger partial charge in [-0.15, -0.1) is 0 Å². The van der Waals surface area contributed by atoms with Crippen LogP contribution < -0.4 is 10.8 Å². The predicted octanol–water partition coefficient (Wildman–Crippen LogP) is 1.83. The molecule has 130 valence electrons. The van der Waals surface area contributed by atoms with Gasteiger partial charge in [0.1, 0.15) is 5.82 Å². The number of nitrogens with zero attached hydrogens (tertiary/aromatic N) is 1. The van der Waals surface area contributed by atoms with Crippen LogP contribution in [0.2, 0.25) is 0 Å². The summed E-state index contributed by atoms with van der Waals surface area (Å²) in [7, 11) is 0. The van der Waals surface area contributed by atoms with Crippen molar-refractivity contribution in [3.63, 3.8) is 0 Å². The number of fused-ring (bicyclic) bond motifs is 1. The van der Waals surface area contributed by atoms with Crippen molar-refractivity contribution in [3.05, 3.63) is 34.6 Å². The van der Waals surface area contributed by atoms with Gasteiger partial charge in [0.2, 0.25) is 0 Å². The number of amides is 1. The molecule has 1 aromatic rings. The number of hydrogen-bond donors (Lipinski definition) is 3. The SMILES string of the molecule is O=C(NO)c1cc(F)c2c(c1)CCN([C@H]1CCCC3(CNC3)C1)C2. The largest absolute Gasteiger partial charge is 0.316 e. The smallest absolute Gasteiger partial charge is 0.274 e. The van der Waals surface area contributed by atoms with Crippen LogP contribution in [0.1, 0.15) is 47.2 Å². The van der Waals surface area contributed by atoms with Gasteiger partial charge in [0, 0.05) is 43.3 Å². The highest BCUT2D eigenvalue weighted by Crippen LogP contribution is 2.42. The van der Waals surface area contributed by atoms with Crippen molar-refractivity contribution in [2.45, 2.75) is 44.7 Å². The summed E-state index contributed by atoms with van der Waals surface area (Å²) in [6.07, 6.45) is 5.73. The normalized spacial score (nSPS) is 25.8. The van der Waals surface area contributed by atoms with E-state index >= 15 is 0 Å². The average molecular weight is 333 g/mol. The Morgan fingerprint density at radius 2 is 2.25 bits per heavy atom. The molecule has 1 atom stereocenters. The second-order valence-corrected chi connectivity index (χ2v) is 7.61. The number of carbonyl (C=O) groups excluding carboxylic acids is 1. The summed E-state index contributed by atoms with van der Waals surface area (Å²) >= 11 is 0. The van der Waals surface area contributed by atoms with Gasteiger partial charge < -0.3 is 5.32 Å². The van der Waals surface area contributed by atoms with Crippen LogP contribution in [0, 0.1) is 11.2 Å². The van der Waals surface area contributed by atoms with E-state index in [0.717, 1.165) is 31.6 Å². The third kappa shape index (κ3) is 2.72. The first-order chi connectivity index (χ1) is 11.6. The molecule has 1 saturated carbocycles. The van der Waals surface area contributed by atoms with E-state index in [1.165, 1.54) is 31.7 Å². The van der Waals surface area contributed by atoms with Crippen LogP contribution in [0.4, 0.5) is 4.39 Å². The molecule has 24 heavy (non-hydrogen) atoms. The van der Waals surface area contributed by atoms with Gasteiger partial charge >= 0.3 is 0 Å². The first-order valence-electron chi connectivity index (χ1n) is 8.81. The maximum absolute atomic E-state index is 14.5. The van der Waals surface area contributed by atoms with Gasteiger partial charge in [0.15, 0.2) is 0 Å². The molecule has 3 N–H and O–H groups in total. The minimum atomic E-state index is -0.661. The molecule has 1 spiro atoms. The van der Waals surface area contributed by atoms with Gasteiger partial charge in [-0.05, 0) is 48.8 Å². The summed E-state index contributed by atoms with van der Waals surface area (Å²) in [6.45, 7) is 3.78. The van der Waals surface area contributed by atoms with E-state index in [1.807, 2.05) is 0 Å².